The van der Waals surface area contributed by atoms with Crippen LogP contribution < -0.4 is 4.90 Å². The molecule has 2 aromatic carbocycles. The summed E-state index contributed by atoms with van der Waals surface area (Å²) in [7, 11) is -3.95. The molecule has 2 aromatic heterocycles. The Morgan fingerprint density at radius 3 is 2.38 bits per heavy atom. The minimum absolute atomic E-state index is 0.0759. The molecule has 1 aliphatic heterocycles. The molecule has 0 unspecified atom stereocenters. The molecular weight excluding hydrogens is 478 g/mol. The standard InChI is InChI=1S/C24H20ClN3O5S/c25-18-7-4-6-17(16-18)23(29)27-11-13-28(14-12-27)24-22(26-21(33-24)20-10-5-15-32-20)34(30,31)19-8-2-1-3-9-19/h1-10,15-16H,11-14H2. The number of rotatable bonds is 5. The van der Waals surface area contributed by atoms with Gasteiger partial charge in [-0.2, -0.15) is 4.98 Å². The van der Waals surface area contributed by atoms with Crippen molar-refractivity contribution in [1.29, 1.82) is 0 Å². The van der Waals surface area contributed by atoms with Crippen LogP contribution in [0.3, 0.4) is 0 Å². The molecule has 1 aliphatic rings. The number of anilines is 1. The highest BCUT2D eigenvalue weighted by molar-refractivity contribution is 7.91. The maximum Gasteiger partial charge on any atom is 0.266 e. The van der Waals surface area contributed by atoms with Crippen molar-refractivity contribution in [3.05, 3.63) is 83.6 Å². The lowest BCUT2D eigenvalue weighted by atomic mass is 10.2. The van der Waals surface area contributed by atoms with Crippen LogP contribution in [0, 0.1) is 0 Å². The van der Waals surface area contributed by atoms with E-state index in [1.54, 1.807) is 64.4 Å². The van der Waals surface area contributed by atoms with Gasteiger partial charge in [0, 0.05) is 36.8 Å². The highest BCUT2D eigenvalue weighted by Gasteiger charge is 2.34. The normalized spacial score (nSPS) is 14.4. The fourth-order valence-electron chi connectivity index (χ4n) is 3.81. The van der Waals surface area contributed by atoms with Crippen molar-refractivity contribution in [1.82, 2.24) is 9.88 Å². The predicted molar refractivity (Wildman–Crippen MR) is 126 cm³/mol. The molecule has 5 rings (SSSR count). The lowest BCUT2D eigenvalue weighted by Gasteiger charge is -2.34. The second-order valence-corrected chi connectivity index (χ2v) is 10.0. The summed E-state index contributed by atoms with van der Waals surface area (Å²) in [5, 5.41) is 0.312. The van der Waals surface area contributed by atoms with E-state index in [4.69, 9.17) is 20.4 Å². The van der Waals surface area contributed by atoms with E-state index in [1.165, 1.54) is 18.4 Å². The van der Waals surface area contributed by atoms with Gasteiger partial charge >= 0.3 is 0 Å². The number of sulfone groups is 1. The number of hydrogen-bond acceptors (Lipinski definition) is 7. The van der Waals surface area contributed by atoms with E-state index in [-0.39, 0.29) is 27.6 Å². The largest absolute Gasteiger partial charge is 0.459 e. The Labute approximate surface area is 201 Å². The maximum absolute atomic E-state index is 13.4. The molecule has 0 aliphatic carbocycles. The predicted octanol–water partition coefficient (Wildman–Crippen LogP) is 4.38. The van der Waals surface area contributed by atoms with E-state index in [2.05, 4.69) is 4.98 Å². The molecule has 8 nitrogen and oxygen atoms in total. The van der Waals surface area contributed by atoms with Crippen molar-refractivity contribution >= 4 is 33.2 Å². The molecule has 0 atom stereocenters. The van der Waals surface area contributed by atoms with Crippen molar-refractivity contribution in [2.75, 3.05) is 31.1 Å². The molecule has 1 amide bonds. The van der Waals surface area contributed by atoms with Crippen molar-refractivity contribution < 1.29 is 22.0 Å². The second-order valence-electron chi connectivity index (χ2n) is 7.71. The molecule has 174 valence electrons. The third kappa shape index (κ3) is 4.20. The van der Waals surface area contributed by atoms with Crippen molar-refractivity contribution in [2.45, 2.75) is 9.92 Å². The Bertz CT molecular complexity index is 1410. The summed E-state index contributed by atoms with van der Waals surface area (Å²) >= 11 is 6.02. The number of nitrogens with zero attached hydrogens (tertiary/aromatic N) is 3. The van der Waals surface area contributed by atoms with Gasteiger partial charge in [0.05, 0.1) is 11.2 Å². The minimum Gasteiger partial charge on any atom is -0.459 e. The van der Waals surface area contributed by atoms with Gasteiger partial charge in [0.15, 0.2) is 5.76 Å². The summed E-state index contributed by atoms with van der Waals surface area (Å²) in [6.07, 6.45) is 1.46. The molecule has 1 saturated heterocycles. The number of carbonyl (C=O) groups is 1. The van der Waals surface area contributed by atoms with E-state index in [1.807, 2.05) is 0 Å². The number of benzene rings is 2. The van der Waals surface area contributed by atoms with Crippen molar-refractivity contribution in [3.63, 3.8) is 0 Å². The lowest BCUT2D eigenvalue weighted by molar-refractivity contribution is 0.0745. The van der Waals surface area contributed by atoms with Crippen LogP contribution in [-0.4, -0.2) is 50.4 Å². The van der Waals surface area contributed by atoms with Gasteiger partial charge in [0.2, 0.25) is 20.7 Å². The van der Waals surface area contributed by atoms with Gasteiger partial charge in [-0.3, -0.25) is 4.79 Å². The fraction of sp³-hybridized carbons (Fsp3) is 0.167. The summed E-state index contributed by atoms with van der Waals surface area (Å²) in [5.41, 5.74) is 0.507. The number of carbonyl (C=O) groups excluding carboxylic acids is 1. The first-order valence-electron chi connectivity index (χ1n) is 10.6. The quantitative estimate of drug-likeness (QED) is 0.403. The molecule has 34 heavy (non-hydrogen) atoms. The first-order chi connectivity index (χ1) is 16.4. The molecule has 3 heterocycles. The van der Waals surface area contributed by atoms with Gasteiger partial charge in [-0.1, -0.05) is 35.9 Å². The summed E-state index contributed by atoms with van der Waals surface area (Å²) in [6, 6.07) is 18.2. The Balaban J connectivity index is 1.44. The Morgan fingerprint density at radius 1 is 0.941 bits per heavy atom. The van der Waals surface area contributed by atoms with Crippen LogP contribution in [0.1, 0.15) is 10.4 Å². The van der Waals surface area contributed by atoms with Gasteiger partial charge in [-0.25, -0.2) is 8.42 Å². The molecule has 0 saturated carbocycles. The van der Waals surface area contributed by atoms with Crippen molar-refractivity contribution in [3.8, 4) is 11.7 Å². The number of piperazine rings is 1. The summed E-state index contributed by atoms with van der Waals surface area (Å²) in [6.45, 7) is 1.51. The monoisotopic (exact) mass is 497 g/mol. The van der Waals surface area contributed by atoms with Crippen LogP contribution >= 0.6 is 11.6 Å². The van der Waals surface area contributed by atoms with Crippen LogP contribution in [0.15, 0.2) is 91.7 Å². The Kier molecular flexibility index (Phi) is 5.89. The summed E-state index contributed by atoms with van der Waals surface area (Å²) < 4.78 is 38.1. The first-order valence-corrected chi connectivity index (χ1v) is 12.4. The number of amides is 1. The van der Waals surface area contributed by atoms with Gasteiger partial charge in [-0.05, 0) is 42.5 Å². The van der Waals surface area contributed by atoms with Crippen LogP contribution in [0.25, 0.3) is 11.7 Å². The minimum atomic E-state index is -3.95. The zero-order valence-corrected chi connectivity index (χ0v) is 19.5. The van der Waals surface area contributed by atoms with Gasteiger partial charge in [0.1, 0.15) is 0 Å². The van der Waals surface area contributed by atoms with Crippen LogP contribution in [-0.2, 0) is 9.84 Å². The molecular formula is C24H20ClN3O5S. The van der Waals surface area contributed by atoms with E-state index in [0.29, 0.717) is 42.5 Å². The van der Waals surface area contributed by atoms with Crippen LogP contribution in [0.2, 0.25) is 5.02 Å². The molecule has 0 radical (unpaired) electrons. The van der Waals surface area contributed by atoms with Gasteiger partial charge in [0.25, 0.3) is 11.8 Å². The maximum atomic E-state index is 13.4. The third-order valence-electron chi connectivity index (χ3n) is 5.55. The van der Waals surface area contributed by atoms with Crippen molar-refractivity contribution in [2.24, 2.45) is 0 Å². The van der Waals surface area contributed by atoms with E-state index in [9.17, 15) is 13.2 Å². The van der Waals surface area contributed by atoms with E-state index in [0.717, 1.165) is 0 Å². The first kappa shape index (κ1) is 22.2. The summed E-state index contributed by atoms with van der Waals surface area (Å²) in [4.78, 5) is 20.8. The topological polar surface area (TPSA) is 96.9 Å². The lowest BCUT2D eigenvalue weighted by Crippen LogP contribution is -2.49. The zero-order valence-electron chi connectivity index (χ0n) is 17.9. The Hall–Kier alpha value is -3.56. The average Bonchev–Trinajstić information content (AvgIpc) is 3.55. The molecule has 4 aromatic rings. The number of aromatic nitrogens is 1. The highest BCUT2D eigenvalue weighted by atomic mass is 35.5. The SMILES string of the molecule is O=C(c1cccc(Cl)c1)N1CCN(c2oc(-c3ccco3)nc2S(=O)(=O)c2ccccc2)CC1. The smallest absolute Gasteiger partial charge is 0.266 e. The molecule has 1 fully saturated rings. The number of halogens is 1. The molecule has 0 N–H and O–H groups in total. The average molecular weight is 498 g/mol. The Morgan fingerprint density at radius 2 is 1.71 bits per heavy atom. The molecule has 0 bridgehead atoms. The fourth-order valence-corrected chi connectivity index (χ4v) is 5.34. The number of hydrogen-bond donors (Lipinski definition) is 0. The van der Waals surface area contributed by atoms with Gasteiger partial charge in [-0.15, -0.1) is 0 Å². The van der Waals surface area contributed by atoms with Gasteiger partial charge < -0.3 is 18.6 Å². The number of oxazole rings is 1. The molecule has 0 spiro atoms. The van der Waals surface area contributed by atoms with Crippen LogP contribution in [0.5, 0.6) is 0 Å². The van der Waals surface area contributed by atoms with E-state index < -0.39 is 9.84 Å². The summed E-state index contributed by atoms with van der Waals surface area (Å²) in [5.74, 6) is 0.399. The third-order valence-corrected chi connectivity index (χ3v) is 7.45. The number of furan rings is 1. The second kappa shape index (κ2) is 9.00. The zero-order chi connectivity index (χ0) is 23.7. The highest BCUT2D eigenvalue weighted by Crippen LogP contribution is 2.35. The van der Waals surface area contributed by atoms with E-state index >= 15 is 0 Å². The van der Waals surface area contributed by atoms with Crippen LogP contribution in [0.4, 0.5) is 5.88 Å². The molecule has 10 heteroatoms.